The summed E-state index contributed by atoms with van der Waals surface area (Å²) in [7, 11) is 0. The van der Waals surface area contributed by atoms with Crippen LogP contribution < -0.4 is 11.1 Å². The highest BCUT2D eigenvalue weighted by Gasteiger charge is 2.33. The molecule has 2 fully saturated rings. The van der Waals surface area contributed by atoms with Crippen LogP contribution in [-0.4, -0.2) is 31.2 Å². The van der Waals surface area contributed by atoms with Gasteiger partial charge in [0.1, 0.15) is 6.10 Å². The van der Waals surface area contributed by atoms with E-state index in [1.54, 1.807) is 0 Å². The molecule has 0 aromatic rings. The number of ether oxygens (including phenoxy) is 1. The molecule has 0 radical (unpaired) electrons. The summed E-state index contributed by atoms with van der Waals surface area (Å²) in [5.74, 6) is 0.940. The Kier molecular flexibility index (Phi) is 4.40. The predicted molar refractivity (Wildman–Crippen MR) is 66.5 cm³/mol. The van der Waals surface area contributed by atoms with Crippen molar-refractivity contribution in [2.75, 3.05) is 13.2 Å². The van der Waals surface area contributed by atoms with E-state index in [4.69, 9.17) is 10.5 Å². The molecule has 17 heavy (non-hydrogen) atoms. The Morgan fingerprint density at radius 2 is 2.12 bits per heavy atom. The lowest BCUT2D eigenvalue weighted by Crippen LogP contribution is -2.49. The molecule has 1 aliphatic heterocycles. The summed E-state index contributed by atoms with van der Waals surface area (Å²) >= 11 is 0. The molecule has 3 N–H and O–H groups in total. The molecule has 1 amide bonds. The van der Waals surface area contributed by atoms with Gasteiger partial charge >= 0.3 is 0 Å². The van der Waals surface area contributed by atoms with Gasteiger partial charge in [-0.25, -0.2) is 0 Å². The van der Waals surface area contributed by atoms with Crippen LogP contribution in [-0.2, 0) is 9.53 Å². The maximum atomic E-state index is 12.1. The van der Waals surface area contributed by atoms with Gasteiger partial charge < -0.3 is 15.8 Å². The van der Waals surface area contributed by atoms with Crippen LogP contribution >= 0.6 is 0 Å². The van der Waals surface area contributed by atoms with Crippen molar-refractivity contribution in [2.45, 2.75) is 51.2 Å². The van der Waals surface area contributed by atoms with Crippen molar-refractivity contribution in [3.63, 3.8) is 0 Å². The minimum atomic E-state index is -0.259. The highest BCUT2D eigenvalue weighted by molar-refractivity contribution is 5.81. The molecule has 4 heteroatoms. The smallest absolute Gasteiger partial charge is 0.249 e. The van der Waals surface area contributed by atoms with Gasteiger partial charge in [0.2, 0.25) is 5.91 Å². The summed E-state index contributed by atoms with van der Waals surface area (Å²) in [5, 5.41) is 3.09. The molecule has 98 valence electrons. The summed E-state index contributed by atoms with van der Waals surface area (Å²) in [5.41, 5.74) is 5.78. The van der Waals surface area contributed by atoms with Gasteiger partial charge in [0.05, 0.1) is 0 Å². The van der Waals surface area contributed by atoms with E-state index in [9.17, 15) is 4.79 Å². The zero-order valence-electron chi connectivity index (χ0n) is 10.7. The van der Waals surface area contributed by atoms with Gasteiger partial charge in [-0.3, -0.25) is 4.79 Å². The van der Waals surface area contributed by atoms with Crippen LogP contribution in [0.3, 0.4) is 0 Å². The largest absolute Gasteiger partial charge is 0.368 e. The Bertz CT molecular complexity index is 264. The van der Waals surface area contributed by atoms with Gasteiger partial charge in [0.15, 0.2) is 0 Å². The topological polar surface area (TPSA) is 64.3 Å². The number of nitrogens with one attached hydrogen (secondary N) is 1. The molecule has 0 aromatic carbocycles. The predicted octanol–water partition coefficient (Wildman–Crippen LogP) is 1.05. The summed E-state index contributed by atoms with van der Waals surface area (Å²) in [6.45, 7) is 3.32. The van der Waals surface area contributed by atoms with Crippen LogP contribution in [0.4, 0.5) is 0 Å². The standard InChI is InChI=1S/C13H24N2O2/c1-9-6-7-17-12(9)13(16)15-11(8-14)10-4-2-3-5-10/h9-12H,2-8,14H2,1H3,(H,15,16). The maximum Gasteiger partial charge on any atom is 0.249 e. The van der Waals surface area contributed by atoms with Crippen LogP contribution in [0.1, 0.15) is 39.0 Å². The summed E-state index contributed by atoms with van der Waals surface area (Å²) in [6, 6.07) is 0.140. The van der Waals surface area contributed by atoms with Crippen molar-refractivity contribution in [1.82, 2.24) is 5.32 Å². The van der Waals surface area contributed by atoms with Crippen molar-refractivity contribution in [2.24, 2.45) is 17.6 Å². The van der Waals surface area contributed by atoms with E-state index >= 15 is 0 Å². The lowest BCUT2D eigenvalue weighted by molar-refractivity contribution is -0.132. The zero-order chi connectivity index (χ0) is 12.3. The van der Waals surface area contributed by atoms with Crippen LogP contribution in [0, 0.1) is 11.8 Å². The van der Waals surface area contributed by atoms with Crippen molar-refractivity contribution in [1.29, 1.82) is 0 Å². The van der Waals surface area contributed by atoms with Crippen LogP contribution in [0.25, 0.3) is 0 Å². The molecule has 0 bridgehead atoms. The molecular weight excluding hydrogens is 216 g/mol. The second-order valence-electron chi connectivity index (χ2n) is 5.45. The van der Waals surface area contributed by atoms with Crippen molar-refractivity contribution in [3.8, 4) is 0 Å². The lowest BCUT2D eigenvalue weighted by atomic mass is 9.97. The molecule has 2 rings (SSSR count). The molecule has 1 aliphatic carbocycles. The molecule has 0 aromatic heterocycles. The molecule has 3 atom stereocenters. The van der Waals surface area contributed by atoms with Crippen molar-refractivity contribution in [3.05, 3.63) is 0 Å². The van der Waals surface area contributed by atoms with E-state index in [1.165, 1.54) is 25.7 Å². The summed E-state index contributed by atoms with van der Waals surface area (Å²) < 4.78 is 5.48. The molecule has 1 heterocycles. The van der Waals surface area contributed by atoms with Crippen LogP contribution in [0.2, 0.25) is 0 Å². The minimum Gasteiger partial charge on any atom is -0.368 e. The van der Waals surface area contributed by atoms with Gasteiger partial charge in [0, 0.05) is 19.2 Å². The third kappa shape index (κ3) is 2.99. The number of carbonyl (C=O) groups is 1. The zero-order valence-corrected chi connectivity index (χ0v) is 10.7. The lowest BCUT2D eigenvalue weighted by Gasteiger charge is -2.25. The van der Waals surface area contributed by atoms with Crippen LogP contribution in [0.5, 0.6) is 0 Å². The van der Waals surface area contributed by atoms with Crippen molar-refractivity contribution >= 4 is 5.91 Å². The number of hydrogen-bond acceptors (Lipinski definition) is 3. The van der Waals surface area contributed by atoms with E-state index in [0.717, 1.165) is 6.42 Å². The molecule has 1 saturated heterocycles. The number of nitrogens with two attached hydrogens (primary N) is 1. The Labute approximate surface area is 103 Å². The molecular formula is C13H24N2O2. The van der Waals surface area contributed by atoms with E-state index in [0.29, 0.717) is 25.0 Å². The first-order valence-electron chi connectivity index (χ1n) is 6.84. The fourth-order valence-electron chi connectivity index (χ4n) is 3.02. The summed E-state index contributed by atoms with van der Waals surface area (Å²) in [4.78, 5) is 12.1. The minimum absolute atomic E-state index is 0.0392. The highest BCUT2D eigenvalue weighted by atomic mass is 16.5. The molecule has 0 spiro atoms. The van der Waals surface area contributed by atoms with E-state index in [-0.39, 0.29) is 18.1 Å². The normalized spacial score (nSPS) is 31.6. The molecule has 4 nitrogen and oxygen atoms in total. The molecule has 3 unspecified atom stereocenters. The Morgan fingerprint density at radius 3 is 2.65 bits per heavy atom. The first-order chi connectivity index (χ1) is 8.22. The Balaban J connectivity index is 1.87. The fourth-order valence-corrected chi connectivity index (χ4v) is 3.02. The van der Waals surface area contributed by atoms with Gasteiger partial charge in [-0.05, 0) is 31.1 Å². The Morgan fingerprint density at radius 1 is 1.41 bits per heavy atom. The number of carbonyl (C=O) groups excluding carboxylic acids is 1. The van der Waals surface area contributed by atoms with E-state index < -0.39 is 0 Å². The third-order valence-corrected chi connectivity index (χ3v) is 4.20. The second-order valence-corrected chi connectivity index (χ2v) is 5.45. The van der Waals surface area contributed by atoms with Crippen molar-refractivity contribution < 1.29 is 9.53 Å². The van der Waals surface area contributed by atoms with E-state index in [2.05, 4.69) is 12.2 Å². The number of hydrogen-bond donors (Lipinski definition) is 2. The highest BCUT2D eigenvalue weighted by Crippen LogP contribution is 2.28. The third-order valence-electron chi connectivity index (χ3n) is 4.20. The Hall–Kier alpha value is -0.610. The van der Waals surface area contributed by atoms with E-state index in [1.807, 2.05) is 0 Å². The molecule has 2 aliphatic rings. The second kappa shape index (κ2) is 5.83. The quantitative estimate of drug-likeness (QED) is 0.772. The monoisotopic (exact) mass is 240 g/mol. The van der Waals surface area contributed by atoms with Gasteiger partial charge in [-0.1, -0.05) is 19.8 Å². The van der Waals surface area contributed by atoms with Gasteiger partial charge in [0.25, 0.3) is 0 Å². The fraction of sp³-hybridized carbons (Fsp3) is 0.923. The maximum absolute atomic E-state index is 12.1. The van der Waals surface area contributed by atoms with Gasteiger partial charge in [-0.15, -0.1) is 0 Å². The van der Waals surface area contributed by atoms with Gasteiger partial charge in [-0.2, -0.15) is 0 Å². The SMILES string of the molecule is CC1CCOC1C(=O)NC(CN)C1CCCC1. The van der Waals surface area contributed by atoms with Crippen LogP contribution in [0.15, 0.2) is 0 Å². The molecule has 1 saturated carbocycles. The summed E-state index contributed by atoms with van der Waals surface area (Å²) in [6.07, 6.45) is 5.66. The first-order valence-corrected chi connectivity index (χ1v) is 6.84. The average molecular weight is 240 g/mol. The number of amides is 1. The average Bonchev–Trinajstić information content (AvgIpc) is 2.96. The number of rotatable bonds is 4. The first kappa shape index (κ1) is 12.8.